The summed E-state index contributed by atoms with van der Waals surface area (Å²) < 4.78 is 18.4. The number of carbonyl (C=O) groups is 1. The zero-order valence-corrected chi connectivity index (χ0v) is 18.8. The van der Waals surface area contributed by atoms with Gasteiger partial charge in [-0.25, -0.2) is 9.36 Å². The highest BCUT2D eigenvalue weighted by Gasteiger charge is 2.20. The third-order valence-corrected chi connectivity index (χ3v) is 5.28. The largest absolute Gasteiger partial charge is 0.493 e. The molecule has 9 nitrogen and oxygen atoms in total. The van der Waals surface area contributed by atoms with Crippen LogP contribution >= 0.6 is 0 Å². The molecule has 2 aromatic carbocycles. The molecule has 1 amide bonds. The van der Waals surface area contributed by atoms with Crippen LogP contribution in [0, 0.1) is 0 Å². The topological polar surface area (TPSA) is 101 Å². The number of fused-ring (bicyclic) bond motifs is 1. The van der Waals surface area contributed by atoms with E-state index in [1.165, 1.54) is 38.0 Å². The van der Waals surface area contributed by atoms with Crippen molar-refractivity contribution < 1.29 is 19.0 Å². The molecule has 3 rings (SSSR count). The normalized spacial score (nSPS) is 11.8. The lowest BCUT2D eigenvalue weighted by atomic mass is 10.2. The highest BCUT2D eigenvalue weighted by molar-refractivity contribution is 5.82. The molecule has 0 bridgehead atoms. The summed E-state index contributed by atoms with van der Waals surface area (Å²) in [5, 5.41) is 3.16. The maximum Gasteiger partial charge on any atom is 0.336 e. The first-order valence-corrected chi connectivity index (χ1v) is 10.2. The van der Waals surface area contributed by atoms with E-state index in [4.69, 9.17) is 14.2 Å². The van der Waals surface area contributed by atoms with Crippen molar-refractivity contribution in [3.8, 4) is 22.9 Å². The highest BCUT2D eigenvalue weighted by Crippen LogP contribution is 2.38. The molecule has 0 radical (unpaired) electrons. The van der Waals surface area contributed by atoms with Gasteiger partial charge in [0, 0.05) is 18.2 Å². The smallest absolute Gasteiger partial charge is 0.336 e. The molecule has 0 saturated carbocycles. The third kappa shape index (κ3) is 4.18. The van der Waals surface area contributed by atoms with Gasteiger partial charge in [-0.3, -0.25) is 14.2 Å². The minimum absolute atomic E-state index is 0.0366. The number of carbonyl (C=O) groups excluding carboxylic acids is 1. The number of para-hydroxylation sites is 1. The van der Waals surface area contributed by atoms with E-state index in [1.54, 1.807) is 24.3 Å². The molecule has 0 saturated heterocycles. The van der Waals surface area contributed by atoms with Gasteiger partial charge < -0.3 is 19.5 Å². The van der Waals surface area contributed by atoms with Gasteiger partial charge in [0.25, 0.3) is 5.56 Å². The van der Waals surface area contributed by atoms with Crippen molar-refractivity contribution >= 4 is 16.8 Å². The van der Waals surface area contributed by atoms with Gasteiger partial charge in [0.15, 0.2) is 11.5 Å². The van der Waals surface area contributed by atoms with Gasteiger partial charge in [-0.05, 0) is 25.5 Å². The van der Waals surface area contributed by atoms with E-state index >= 15 is 0 Å². The van der Waals surface area contributed by atoms with Crippen molar-refractivity contribution in [3.05, 3.63) is 57.2 Å². The predicted molar refractivity (Wildman–Crippen MR) is 121 cm³/mol. The summed E-state index contributed by atoms with van der Waals surface area (Å²) in [6, 6.07) is 9.68. The quantitative estimate of drug-likeness (QED) is 0.575. The number of methoxy groups -OCH3 is 3. The maximum absolute atomic E-state index is 13.5. The predicted octanol–water partition coefficient (Wildman–Crippen LogP) is 2.09. The van der Waals surface area contributed by atoms with E-state index in [9.17, 15) is 14.4 Å². The van der Waals surface area contributed by atoms with Crippen LogP contribution in [0.25, 0.3) is 16.6 Å². The SMILES string of the molecule is CC[C@H](C)NC(=O)Cn1c(=O)n(-c2cc(OC)c(OC)c(OC)c2)c(=O)c2ccccc21. The summed E-state index contributed by atoms with van der Waals surface area (Å²) in [6.45, 7) is 3.61. The Kier molecular flexibility index (Phi) is 6.87. The van der Waals surface area contributed by atoms with Gasteiger partial charge in [0.05, 0.1) is 37.9 Å². The maximum atomic E-state index is 13.5. The van der Waals surface area contributed by atoms with Crippen molar-refractivity contribution in [1.82, 2.24) is 14.5 Å². The molecule has 0 unspecified atom stereocenters. The van der Waals surface area contributed by atoms with E-state index in [-0.39, 0.29) is 24.2 Å². The second-order valence-corrected chi connectivity index (χ2v) is 7.29. The number of nitrogens with zero attached hydrogens (tertiary/aromatic N) is 2. The van der Waals surface area contributed by atoms with Crippen LogP contribution in [0.2, 0.25) is 0 Å². The summed E-state index contributed by atoms with van der Waals surface area (Å²) in [7, 11) is 4.36. The Morgan fingerprint density at radius 2 is 1.66 bits per heavy atom. The number of hydrogen-bond donors (Lipinski definition) is 1. The molecule has 0 aliphatic carbocycles. The first-order chi connectivity index (χ1) is 15.4. The number of rotatable bonds is 8. The minimum atomic E-state index is -0.651. The van der Waals surface area contributed by atoms with Gasteiger partial charge in [-0.15, -0.1) is 0 Å². The number of hydrogen-bond acceptors (Lipinski definition) is 6. The first-order valence-electron chi connectivity index (χ1n) is 10.2. The molecule has 0 spiro atoms. The first kappa shape index (κ1) is 22.9. The zero-order chi connectivity index (χ0) is 23.4. The Balaban J connectivity index is 2.29. The van der Waals surface area contributed by atoms with Gasteiger partial charge in [-0.1, -0.05) is 19.1 Å². The average molecular weight is 441 g/mol. The summed E-state index contributed by atoms with van der Waals surface area (Å²) >= 11 is 0. The van der Waals surface area contributed by atoms with Gasteiger partial charge >= 0.3 is 5.69 Å². The van der Waals surface area contributed by atoms with Crippen LogP contribution in [0.3, 0.4) is 0 Å². The molecule has 1 atom stereocenters. The summed E-state index contributed by atoms with van der Waals surface area (Å²) in [5.74, 6) is 0.604. The molecule has 0 aliphatic rings. The van der Waals surface area contributed by atoms with Gasteiger partial charge in [0.2, 0.25) is 11.7 Å². The molecule has 0 fully saturated rings. The minimum Gasteiger partial charge on any atom is -0.493 e. The second kappa shape index (κ2) is 9.59. The molecule has 9 heteroatoms. The molecule has 32 heavy (non-hydrogen) atoms. The van der Waals surface area contributed by atoms with Crippen molar-refractivity contribution in [1.29, 1.82) is 0 Å². The van der Waals surface area contributed by atoms with Crippen molar-refractivity contribution in [2.24, 2.45) is 0 Å². The Labute approximate surface area is 185 Å². The van der Waals surface area contributed by atoms with Gasteiger partial charge in [-0.2, -0.15) is 0 Å². The number of aromatic nitrogens is 2. The van der Waals surface area contributed by atoms with E-state index in [1.807, 2.05) is 13.8 Å². The lowest BCUT2D eigenvalue weighted by molar-refractivity contribution is -0.122. The van der Waals surface area contributed by atoms with Crippen LogP contribution in [-0.2, 0) is 11.3 Å². The standard InChI is InChI=1S/C23H27N3O6/c1-6-14(2)24-20(27)13-25-17-10-8-7-9-16(17)22(28)26(23(25)29)15-11-18(30-3)21(32-5)19(12-15)31-4/h7-12,14H,6,13H2,1-5H3,(H,24,27)/t14-/m0/s1. The number of nitrogens with one attached hydrogen (secondary N) is 1. The van der Waals surface area contributed by atoms with Crippen molar-refractivity contribution in [3.63, 3.8) is 0 Å². The molecular weight excluding hydrogens is 414 g/mol. The number of ether oxygens (including phenoxy) is 3. The van der Waals surface area contributed by atoms with Gasteiger partial charge in [0.1, 0.15) is 6.54 Å². The molecule has 170 valence electrons. The van der Waals surface area contributed by atoms with Crippen LogP contribution in [-0.4, -0.2) is 42.4 Å². The van der Waals surface area contributed by atoms with Crippen molar-refractivity contribution in [2.45, 2.75) is 32.9 Å². The fourth-order valence-electron chi connectivity index (χ4n) is 3.46. The Bertz CT molecular complexity index is 1240. The number of amides is 1. The van der Waals surface area contributed by atoms with Crippen LogP contribution in [0.4, 0.5) is 0 Å². The van der Waals surface area contributed by atoms with E-state index in [0.717, 1.165) is 11.0 Å². The Hall–Kier alpha value is -3.75. The molecule has 0 aliphatic heterocycles. The third-order valence-electron chi connectivity index (χ3n) is 5.28. The summed E-state index contributed by atoms with van der Waals surface area (Å²) in [5.41, 5.74) is -0.553. The fourth-order valence-corrected chi connectivity index (χ4v) is 3.46. The molecular formula is C23H27N3O6. The number of benzene rings is 2. The molecule has 3 aromatic rings. The van der Waals surface area contributed by atoms with E-state index < -0.39 is 11.2 Å². The lowest BCUT2D eigenvalue weighted by Crippen LogP contribution is -2.43. The molecule has 1 N–H and O–H groups in total. The van der Waals surface area contributed by atoms with E-state index in [2.05, 4.69) is 5.32 Å². The van der Waals surface area contributed by atoms with E-state index in [0.29, 0.717) is 28.2 Å². The monoisotopic (exact) mass is 441 g/mol. The van der Waals surface area contributed by atoms with Crippen LogP contribution < -0.4 is 30.8 Å². The lowest BCUT2D eigenvalue weighted by Gasteiger charge is -2.18. The Morgan fingerprint density at radius 1 is 1.03 bits per heavy atom. The summed E-state index contributed by atoms with van der Waals surface area (Å²) in [4.78, 5) is 39.4. The second-order valence-electron chi connectivity index (χ2n) is 7.29. The molecule has 1 aromatic heterocycles. The highest BCUT2D eigenvalue weighted by atomic mass is 16.5. The fraction of sp³-hybridized carbons (Fsp3) is 0.348. The van der Waals surface area contributed by atoms with Crippen LogP contribution in [0.5, 0.6) is 17.2 Å². The van der Waals surface area contributed by atoms with Crippen LogP contribution in [0.1, 0.15) is 20.3 Å². The summed E-state index contributed by atoms with van der Waals surface area (Å²) in [6.07, 6.45) is 0.756. The zero-order valence-electron chi connectivity index (χ0n) is 18.8. The van der Waals surface area contributed by atoms with Crippen molar-refractivity contribution in [2.75, 3.05) is 21.3 Å². The molecule has 1 heterocycles. The Morgan fingerprint density at radius 3 is 2.22 bits per heavy atom. The van der Waals surface area contributed by atoms with Crippen LogP contribution in [0.15, 0.2) is 46.0 Å². The average Bonchev–Trinajstić information content (AvgIpc) is 2.80.